The van der Waals surface area contributed by atoms with Gasteiger partial charge in [-0.15, -0.1) is 0 Å². The van der Waals surface area contributed by atoms with E-state index in [9.17, 15) is 13.2 Å². The largest absolute Gasteiger partial charge is 0.494 e. The highest BCUT2D eigenvalue weighted by Gasteiger charge is 2.28. The minimum Gasteiger partial charge on any atom is -0.494 e. The molecule has 1 N–H and O–H groups in total. The summed E-state index contributed by atoms with van der Waals surface area (Å²) in [6.07, 6.45) is 2.39. The summed E-state index contributed by atoms with van der Waals surface area (Å²) in [6.45, 7) is 3.95. The van der Waals surface area contributed by atoms with Gasteiger partial charge in [-0.1, -0.05) is 42.8 Å². The lowest BCUT2D eigenvalue weighted by Crippen LogP contribution is -2.40. The number of carbonyl (C=O) groups excluding carboxylic acids is 1. The second-order valence-corrected chi connectivity index (χ2v) is 9.76. The number of rotatable bonds is 10. The molecular weight excluding hydrogens is 474 g/mol. The topological polar surface area (TPSA) is 88.1 Å². The third-order valence-electron chi connectivity index (χ3n) is 4.81. The predicted molar refractivity (Wildman–Crippen MR) is 135 cm³/mol. The molecule has 0 fully saturated rings. The van der Waals surface area contributed by atoms with E-state index in [0.29, 0.717) is 22.9 Å². The van der Waals surface area contributed by atoms with E-state index >= 15 is 0 Å². The van der Waals surface area contributed by atoms with Crippen molar-refractivity contribution in [2.75, 3.05) is 17.5 Å². The molecule has 0 unspecified atom stereocenters. The van der Waals surface area contributed by atoms with Gasteiger partial charge in [0.25, 0.3) is 15.9 Å². The van der Waals surface area contributed by atoms with Crippen LogP contribution in [0.5, 0.6) is 5.75 Å². The Morgan fingerprint density at radius 3 is 2.47 bits per heavy atom. The quantitative estimate of drug-likeness (QED) is 0.321. The van der Waals surface area contributed by atoms with Crippen LogP contribution in [-0.2, 0) is 14.8 Å². The first kappa shape index (κ1) is 25.3. The summed E-state index contributed by atoms with van der Waals surface area (Å²) in [5.41, 5.74) is 4.13. The second-order valence-electron chi connectivity index (χ2n) is 7.47. The number of anilines is 1. The number of carbonyl (C=O) groups is 1. The van der Waals surface area contributed by atoms with Crippen LogP contribution in [-0.4, -0.2) is 33.7 Å². The lowest BCUT2D eigenvalue weighted by atomic mass is 10.2. The molecule has 178 valence electrons. The van der Waals surface area contributed by atoms with E-state index in [2.05, 4.69) is 10.5 Å². The fourth-order valence-electron chi connectivity index (χ4n) is 3.09. The minimum absolute atomic E-state index is 0.0658. The first-order chi connectivity index (χ1) is 16.3. The fourth-order valence-corrected chi connectivity index (χ4v) is 4.75. The fraction of sp³-hybridized carbons (Fsp3) is 0.200. The zero-order valence-corrected chi connectivity index (χ0v) is 20.5. The van der Waals surface area contributed by atoms with Crippen LogP contribution < -0.4 is 14.5 Å². The third-order valence-corrected chi connectivity index (χ3v) is 6.82. The molecule has 3 aromatic rings. The van der Waals surface area contributed by atoms with Crippen molar-refractivity contribution in [1.82, 2.24) is 5.43 Å². The summed E-state index contributed by atoms with van der Waals surface area (Å²) >= 11 is 6.13. The van der Waals surface area contributed by atoms with Gasteiger partial charge in [0.15, 0.2) is 0 Å². The number of hydrazone groups is 1. The van der Waals surface area contributed by atoms with Crippen LogP contribution in [0, 0.1) is 6.92 Å². The standard InChI is InChI=1S/C25H26ClN3O4S/c1-3-15-33-22-13-10-20(11-14-22)17-27-28-25(30)18-29(24-16-21(26)12-9-19(24)2)34(31,32)23-7-5-4-6-8-23/h4-14,16-17H,3,15,18H2,1-2H3,(H,28,30)/b27-17+. The number of nitrogens with one attached hydrogen (secondary N) is 1. The van der Waals surface area contributed by atoms with Gasteiger partial charge in [0.2, 0.25) is 0 Å². The summed E-state index contributed by atoms with van der Waals surface area (Å²) in [4.78, 5) is 12.7. The summed E-state index contributed by atoms with van der Waals surface area (Å²) in [6, 6.07) is 20.1. The lowest BCUT2D eigenvalue weighted by Gasteiger charge is -2.25. The normalized spacial score (nSPS) is 11.4. The molecule has 0 aliphatic heterocycles. The molecule has 0 saturated carbocycles. The maximum atomic E-state index is 13.4. The predicted octanol–water partition coefficient (Wildman–Crippen LogP) is 4.78. The molecule has 1 amide bonds. The Hall–Kier alpha value is -3.36. The van der Waals surface area contributed by atoms with Gasteiger partial charge in [-0.25, -0.2) is 13.8 Å². The van der Waals surface area contributed by atoms with Gasteiger partial charge >= 0.3 is 0 Å². The molecular formula is C25H26ClN3O4S. The molecule has 0 aliphatic carbocycles. The number of hydrogen-bond donors (Lipinski definition) is 1. The summed E-state index contributed by atoms with van der Waals surface area (Å²) < 4.78 is 33.3. The molecule has 7 nitrogen and oxygen atoms in total. The molecule has 0 radical (unpaired) electrons. The average molecular weight is 500 g/mol. The second kappa shape index (κ2) is 11.7. The van der Waals surface area contributed by atoms with Crippen LogP contribution in [0.25, 0.3) is 0 Å². The Bertz CT molecular complexity index is 1250. The maximum Gasteiger partial charge on any atom is 0.264 e. The molecule has 0 bridgehead atoms. The van der Waals surface area contributed by atoms with E-state index in [1.165, 1.54) is 24.4 Å². The zero-order valence-electron chi connectivity index (χ0n) is 18.9. The van der Waals surface area contributed by atoms with Gasteiger partial charge in [-0.3, -0.25) is 9.10 Å². The molecule has 34 heavy (non-hydrogen) atoms. The van der Waals surface area contributed by atoms with Crippen LogP contribution in [0.4, 0.5) is 5.69 Å². The SMILES string of the molecule is CCCOc1ccc(/C=N/NC(=O)CN(c2cc(Cl)ccc2C)S(=O)(=O)c2ccccc2)cc1. The van der Waals surface area contributed by atoms with Crippen molar-refractivity contribution in [2.45, 2.75) is 25.2 Å². The molecule has 0 aliphatic rings. The van der Waals surface area contributed by atoms with Crippen LogP contribution >= 0.6 is 11.6 Å². The van der Waals surface area contributed by atoms with Gasteiger partial charge in [-0.2, -0.15) is 5.10 Å². The van der Waals surface area contributed by atoms with E-state index in [-0.39, 0.29) is 4.90 Å². The van der Waals surface area contributed by atoms with Crippen LogP contribution in [0.1, 0.15) is 24.5 Å². The molecule has 3 aromatic carbocycles. The van der Waals surface area contributed by atoms with Crippen LogP contribution in [0.15, 0.2) is 82.8 Å². The molecule has 0 heterocycles. The average Bonchev–Trinajstić information content (AvgIpc) is 2.84. The Kier molecular flexibility index (Phi) is 8.67. The number of aryl methyl sites for hydroxylation is 1. The Balaban J connectivity index is 1.78. The highest BCUT2D eigenvalue weighted by Crippen LogP contribution is 2.29. The van der Waals surface area contributed by atoms with Gasteiger partial charge < -0.3 is 4.74 Å². The smallest absolute Gasteiger partial charge is 0.264 e. The molecule has 0 saturated heterocycles. The van der Waals surface area contributed by atoms with Crippen molar-refractivity contribution in [1.29, 1.82) is 0 Å². The van der Waals surface area contributed by atoms with Crippen molar-refractivity contribution in [3.8, 4) is 5.75 Å². The molecule has 0 spiro atoms. The Labute approximate surface area is 205 Å². The van der Waals surface area contributed by atoms with Gasteiger partial charge in [0, 0.05) is 5.02 Å². The molecule has 3 rings (SSSR count). The highest BCUT2D eigenvalue weighted by atomic mass is 35.5. The number of nitrogens with zero attached hydrogens (tertiary/aromatic N) is 2. The van der Waals surface area contributed by atoms with Gasteiger partial charge in [-0.05, 0) is 73.0 Å². The van der Waals surface area contributed by atoms with Gasteiger partial charge in [0.05, 0.1) is 23.4 Å². The Morgan fingerprint density at radius 1 is 1.09 bits per heavy atom. The molecule has 9 heteroatoms. The zero-order chi connectivity index (χ0) is 24.6. The first-order valence-electron chi connectivity index (χ1n) is 10.7. The monoisotopic (exact) mass is 499 g/mol. The van der Waals surface area contributed by atoms with Crippen molar-refractivity contribution in [3.63, 3.8) is 0 Å². The summed E-state index contributed by atoms with van der Waals surface area (Å²) in [5, 5.41) is 4.32. The van der Waals surface area contributed by atoms with E-state index in [1.807, 2.05) is 31.2 Å². The number of sulfonamides is 1. The van der Waals surface area contributed by atoms with Gasteiger partial charge in [0.1, 0.15) is 12.3 Å². The minimum atomic E-state index is -4.03. The lowest BCUT2D eigenvalue weighted by molar-refractivity contribution is -0.119. The van der Waals surface area contributed by atoms with E-state index in [4.69, 9.17) is 16.3 Å². The Morgan fingerprint density at radius 2 is 1.79 bits per heavy atom. The number of hydrogen-bond acceptors (Lipinski definition) is 5. The summed E-state index contributed by atoms with van der Waals surface area (Å²) in [5.74, 6) is 0.153. The first-order valence-corrected chi connectivity index (χ1v) is 12.5. The number of halogens is 1. The highest BCUT2D eigenvalue weighted by molar-refractivity contribution is 7.92. The maximum absolute atomic E-state index is 13.4. The number of amides is 1. The molecule has 0 aromatic heterocycles. The van der Waals surface area contributed by atoms with Crippen LogP contribution in [0.3, 0.4) is 0 Å². The van der Waals surface area contributed by atoms with Crippen molar-refractivity contribution >= 4 is 39.4 Å². The van der Waals surface area contributed by atoms with Crippen LogP contribution in [0.2, 0.25) is 5.02 Å². The number of ether oxygens (including phenoxy) is 1. The van der Waals surface area contributed by atoms with Crippen molar-refractivity contribution in [3.05, 3.63) is 88.9 Å². The van der Waals surface area contributed by atoms with Crippen molar-refractivity contribution < 1.29 is 17.9 Å². The van der Waals surface area contributed by atoms with Crippen molar-refractivity contribution in [2.24, 2.45) is 5.10 Å². The van der Waals surface area contributed by atoms with E-state index < -0.39 is 22.5 Å². The van der Waals surface area contributed by atoms with E-state index in [1.54, 1.807) is 37.3 Å². The summed E-state index contributed by atoms with van der Waals surface area (Å²) in [7, 11) is -4.03. The third kappa shape index (κ3) is 6.59. The number of benzene rings is 3. The van der Waals surface area contributed by atoms with E-state index in [0.717, 1.165) is 22.0 Å². The molecule has 0 atom stereocenters.